The second-order valence-electron chi connectivity index (χ2n) is 4.56. The molecule has 0 bridgehead atoms. The molecule has 0 saturated carbocycles. The molecular formula is C10H15F3O8S. The first kappa shape index (κ1) is 17.8. The van der Waals surface area contributed by atoms with Crippen molar-refractivity contribution in [3.8, 4) is 0 Å². The molecule has 2 aliphatic heterocycles. The van der Waals surface area contributed by atoms with Crippen LogP contribution in [0.15, 0.2) is 0 Å². The van der Waals surface area contributed by atoms with Gasteiger partial charge in [-0.15, -0.1) is 0 Å². The van der Waals surface area contributed by atoms with Gasteiger partial charge in [-0.25, -0.2) is 4.18 Å². The van der Waals surface area contributed by atoms with Gasteiger partial charge < -0.3 is 23.7 Å². The summed E-state index contributed by atoms with van der Waals surface area (Å²) in [7, 11) is -3.40. The van der Waals surface area contributed by atoms with Crippen LogP contribution in [0.3, 0.4) is 0 Å². The molecule has 0 aromatic carbocycles. The first-order chi connectivity index (χ1) is 10.2. The van der Waals surface area contributed by atoms with Crippen molar-refractivity contribution in [3.05, 3.63) is 0 Å². The van der Waals surface area contributed by atoms with Crippen LogP contribution in [0.2, 0.25) is 0 Å². The van der Waals surface area contributed by atoms with Crippen molar-refractivity contribution >= 4 is 10.1 Å². The Morgan fingerprint density at radius 3 is 2.32 bits per heavy atom. The van der Waals surface area contributed by atoms with E-state index in [9.17, 15) is 21.6 Å². The van der Waals surface area contributed by atoms with Crippen LogP contribution < -0.4 is 0 Å². The summed E-state index contributed by atoms with van der Waals surface area (Å²) in [6.45, 7) is -0.0555. The highest BCUT2D eigenvalue weighted by atomic mass is 32.2. The van der Waals surface area contributed by atoms with E-state index in [4.69, 9.17) is 23.7 Å². The smallest absolute Gasteiger partial charge is 0.376 e. The Labute approximate surface area is 124 Å². The fourth-order valence-corrected chi connectivity index (χ4v) is 2.79. The van der Waals surface area contributed by atoms with Crippen molar-refractivity contribution in [2.45, 2.75) is 36.2 Å². The average molecular weight is 352 g/mol. The normalized spacial score (nSPS) is 36.9. The van der Waals surface area contributed by atoms with Gasteiger partial charge in [-0.1, -0.05) is 0 Å². The van der Waals surface area contributed by atoms with Crippen molar-refractivity contribution in [2.24, 2.45) is 0 Å². The Hall–Kier alpha value is -0.500. The van der Waals surface area contributed by atoms with Gasteiger partial charge in [0.05, 0.1) is 6.61 Å². The van der Waals surface area contributed by atoms with Gasteiger partial charge >= 0.3 is 15.6 Å². The lowest BCUT2D eigenvalue weighted by Crippen LogP contribution is -2.63. The van der Waals surface area contributed by atoms with E-state index in [1.807, 2.05) is 0 Å². The van der Waals surface area contributed by atoms with Crippen LogP contribution in [-0.4, -0.2) is 72.3 Å². The number of hydrogen-bond acceptors (Lipinski definition) is 8. The number of halogens is 3. The molecule has 0 aromatic heterocycles. The molecule has 0 aromatic rings. The van der Waals surface area contributed by atoms with E-state index in [0.29, 0.717) is 0 Å². The maximum atomic E-state index is 12.4. The zero-order chi connectivity index (χ0) is 16.5. The monoisotopic (exact) mass is 352 g/mol. The second-order valence-corrected chi connectivity index (χ2v) is 6.12. The maximum absolute atomic E-state index is 12.4. The number of methoxy groups -OCH3 is 2. The molecule has 0 spiro atoms. The summed E-state index contributed by atoms with van der Waals surface area (Å²) >= 11 is 0. The third-order valence-electron chi connectivity index (χ3n) is 3.27. The van der Waals surface area contributed by atoms with Crippen LogP contribution in [0.5, 0.6) is 0 Å². The van der Waals surface area contributed by atoms with Crippen LogP contribution in [0, 0.1) is 0 Å². The second kappa shape index (κ2) is 6.55. The van der Waals surface area contributed by atoms with Gasteiger partial charge in [-0.2, -0.15) is 21.6 Å². The van der Waals surface area contributed by atoms with Crippen LogP contribution >= 0.6 is 0 Å². The molecule has 0 amide bonds. The number of alkyl halides is 3. The molecule has 8 nitrogen and oxygen atoms in total. The zero-order valence-corrected chi connectivity index (χ0v) is 12.4. The molecule has 0 N–H and O–H groups in total. The Morgan fingerprint density at radius 2 is 1.77 bits per heavy atom. The lowest BCUT2D eigenvalue weighted by atomic mass is 9.98. The maximum Gasteiger partial charge on any atom is 0.523 e. The summed E-state index contributed by atoms with van der Waals surface area (Å²) in [5, 5.41) is 0. The fraction of sp³-hybridized carbons (Fsp3) is 1.00. The lowest BCUT2D eigenvalue weighted by molar-refractivity contribution is -0.330. The van der Waals surface area contributed by atoms with Crippen molar-refractivity contribution in [1.29, 1.82) is 0 Å². The van der Waals surface area contributed by atoms with Gasteiger partial charge in [-0.3, -0.25) is 0 Å². The zero-order valence-electron chi connectivity index (χ0n) is 11.6. The summed E-state index contributed by atoms with van der Waals surface area (Å²) in [4.78, 5) is 0. The highest BCUT2D eigenvalue weighted by Crippen LogP contribution is 2.33. The predicted molar refractivity (Wildman–Crippen MR) is 62.0 cm³/mol. The molecule has 5 atom stereocenters. The summed E-state index contributed by atoms with van der Waals surface area (Å²) in [6.07, 6.45) is -5.49. The third kappa shape index (κ3) is 3.37. The van der Waals surface area contributed by atoms with E-state index in [1.54, 1.807) is 0 Å². The highest BCUT2D eigenvalue weighted by Gasteiger charge is 2.55. The molecule has 2 fully saturated rings. The summed E-state index contributed by atoms with van der Waals surface area (Å²) in [5.41, 5.74) is -5.58. The summed E-state index contributed by atoms with van der Waals surface area (Å²) in [6, 6.07) is 0. The Balaban J connectivity index is 2.22. The van der Waals surface area contributed by atoms with Gasteiger partial charge in [0, 0.05) is 14.2 Å². The molecule has 22 heavy (non-hydrogen) atoms. The molecule has 12 heteroatoms. The molecule has 130 valence electrons. The topological polar surface area (TPSA) is 89.5 Å². The molecular weight excluding hydrogens is 337 g/mol. The standard InChI is InChI=1S/C10H15F3O8S/c1-16-7-6-5(3-18-4-19-6)20-9(8(7)17-2)21-22(14,15)10(11,12)13/h5-9H,3-4H2,1-2H3/t5-,6-,7+,8-,9+/m1/s1. The molecule has 0 radical (unpaired) electrons. The van der Waals surface area contributed by atoms with Gasteiger partial charge in [0.1, 0.15) is 31.2 Å². The van der Waals surface area contributed by atoms with Crippen LogP contribution in [-0.2, 0) is 38.0 Å². The molecule has 2 rings (SSSR count). The molecule has 2 saturated heterocycles. The predicted octanol–water partition coefficient (Wildman–Crippen LogP) is -0.0196. The van der Waals surface area contributed by atoms with Crippen molar-refractivity contribution in [1.82, 2.24) is 0 Å². The average Bonchev–Trinajstić information content (AvgIpc) is 2.44. The van der Waals surface area contributed by atoms with Gasteiger partial charge in [0.25, 0.3) is 0 Å². The van der Waals surface area contributed by atoms with Crippen LogP contribution in [0.25, 0.3) is 0 Å². The van der Waals surface area contributed by atoms with Crippen LogP contribution in [0.1, 0.15) is 0 Å². The van der Waals surface area contributed by atoms with Gasteiger partial charge in [0.2, 0.25) is 6.29 Å². The number of rotatable bonds is 4. The van der Waals surface area contributed by atoms with Crippen LogP contribution in [0.4, 0.5) is 13.2 Å². The third-order valence-corrected chi connectivity index (χ3v) is 4.28. The van der Waals surface area contributed by atoms with E-state index < -0.39 is 46.3 Å². The molecule has 0 unspecified atom stereocenters. The highest BCUT2D eigenvalue weighted by molar-refractivity contribution is 7.87. The van der Waals surface area contributed by atoms with E-state index >= 15 is 0 Å². The lowest BCUT2D eigenvalue weighted by Gasteiger charge is -2.46. The first-order valence-electron chi connectivity index (χ1n) is 6.11. The first-order valence-corrected chi connectivity index (χ1v) is 7.52. The Morgan fingerprint density at radius 1 is 1.14 bits per heavy atom. The SMILES string of the molecule is CO[C@@H]1[C@@H](OC)[C@H](OS(=O)(=O)C(F)(F)F)O[C@@H]2COCO[C@@H]12. The van der Waals surface area contributed by atoms with Crippen molar-refractivity contribution in [3.63, 3.8) is 0 Å². The van der Waals surface area contributed by atoms with Gasteiger partial charge in [0.15, 0.2) is 0 Å². The summed E-state index contributed by atoms with van der Waals surface area (Å²) in [5.74, 6) is 0. The minimum atomic E-state index is -5.85. The Bertz CT molecular complexity index is 481. The van der Waals surface area contributed by atoms with E-state index in [1.165, 1.54) is 7.11 Å². The minimum absolute atomic E-state index is 0.00706. The number of ether oxygens (including phenoxy) is 5. The van der Waals surface area contributed by atoms with E-state index in [2.05, 4.69) is 4.18 Å². The largest absolute Gasteiger partial charge is 0.523 e. The molecule has 2 heterocycles. The summed E-state index contributed by atoms with van der Waals surface area (Å²) < 4.78 is 89.4. The van der Waals surface area contributed by atoms with E-state index in [0.717, 1.165) is 7.11 Å². The fourth-order valence-electron chi connectivity index (χ4n) is 2.28. The number of hydrogen-bond donors (Lipinski definition) is 0. The van der Waals surface area contributed by atoms with Crippen molar-refractivity contribution in [2.75, 3.05) is 27.6 Å². The van der Waals surface area contributed by atoms with Crippen molar-refractivity contribution < 1.29 is 49.5 Å². The molecule has 0 aliphatic carbocycles. The Kier molecular flexibility index (Phi) is 5.31. The van der Waals surface area contributed by atoms with E-state index in [-0.39, 0.29) is 13.4 Å². The quantitative estimate of drug-likeness (QED) is 0.515. The minimum Gasteiger partial charge on any atom is -0.376 e. The number of fused-ring (bicyclic) bond motifs is 1. The molecule has 2 aliphatic rings. The van der Waals surface area contributed by atoms with Gasteiger partial charge in [-0.05, 0) is 0 Å².